The van der Waals surface area contributed by atoms with E-state index in [1.807, 2.05) is 25.7 Å². The number of carbonyl (C=O) groups is 1. The highest BCUT2D eigenvalue weighted by Gasteiger charge is 2.20. The van der Waals surface area contributed by atoms with Crippen LogP contribution < -0.4 is 5.32 Å². The van der Waals surface area contributed by atoms with Crippen LogP contribution in [0, 0.1) is 13.8 Å². The molecule has 5 heteroatoms. The third-order valence-electron chi connectivity index (χ3n) is 3.54. The van der Waals surface area contributed by atoms with E-state index in [0.29, 0.717) is 6.54 Å². The van der Waals surface area contributed by atoms with Gasteiger partial charge in [-0.1, -0.05) is 5.16 Å². The van der Waals surface area contributed by atoms with Gasteiger partial charge in [0.15, 0.2) is 0 Å². The van der Waals surface area contributed by atoms with E-state index in [2.05, 4.69) is 10.5 Å². The van der Waals surface area contributed by atoms with Crippen LogP contribution in [-0.2, 0) is 4.79 Å². The number of nitrogens with zero attached hydrogens (tertiary/aromatic N) is 2. The molecule has 1 aliphatic heterocycles. The Bertz CT molecular complexity index is 402. The van der Waals surface area contributed by atoms with Crippen molar-refractivity contribution in [2.24, 2.45) is 0 Å². The van der Waals surface area contributed by atoms with Gasteiger partial charge in [0.25, 0.3) is 0 Å². The standard InChI is InChI=1S/C13H21N3O2/c1-9(13-10(2)15-18-11(13)3)14-8-12(17)16-6-4-5-7-16/h9,14H,4-8H2,1-3H3. The second kappa shape index (κ2) is 5.52. The van der Waals surface area contributed by atoms with E-state index in [1.165, 1.54) is 0 Å². The van der Waals surface area contributed by atoms with Crippen LogP contribution in [0.25, 0.3) is 0 Å². The Labute approximate surface area is 108 Å². The Morgan fingerprint density at radius 2 is 2.11 bits per heavy atom. The lowest BCUT2D eigenvalue weighted by Crippen LogP contribution is -2.37. The highest BCUT2D eigenvalue weighted by molar-refractivity contribution is 5.78. The highest BCUT2D eigenvalue weighted by Crippen LogP contribution is 2.20. The number of hydrogen-bond acceptors (Lipinski definition) is 4. The molecular formula is C13H21N3O2. The van der Waals surface area contributed by atoms with Gasteiger partial charge in [0.1, 0.15) is 5.76 Å². The van der Waals surface area contributed by atoms with Crippen LogP contribution in [-0.4, -0.2) is 35.6 Å². The van der Waals surface area contributed by atoms with E-state index in [0.717, 1.165) is 42.9 Å². The van der Waals surface area contributed by atoms with Gasteiger partial charge < -0.3 is 14.7 Å². The van der Waals surface area contributed by atoms with E-state index in [-0.39, 0.29) is 11.9 Å². The van der Waals surface area contributed by atoms with Gasteiger partial charge >= 0.3 is 0 Å². The van der Waals surface area contributed by atoms with Gasteiger partial charge in [-0.2, -0.15) is 0 Å². The second-order valence-corrected chi connectivity index (χ2v) is 4.93. The first-order valence-corrected chi connectivity index (χ1v) is 6.53. The molecule has 1 N–H and O–H groups in total. The molecule has 0 spiro atoms. The quantitative estimate of drug-likeness (QED) is 0.882. The van der Waals surface area contributed by atoms with Gasteiger partial charge in [-0.25, -0.2) is 0 Å². The van der Waals surface area contributed by atoms with Crippen LogP contribution in [0.15, 0.2) is 4.52 Å². The SMILES string of the molecule is Cc1noc(C)c1C(C)NCC(=O)N1CCCC1. The zero-order valence-corrected chi connectivity index (χ0v) is 11.3. The largest absolute Gasteiger partial charge is 0.361 e. The third kappa shape index (κ3) is 2.72. The first kappa shape index (κ1) is 13.1. The van der Waals surface area contributed by atoms with Crippen molar-refractivity contribution in [2.45, 2.75) is 39.7 Å². The smallest absolute Gasteiger partial charge is 0.236 e. The average Bonchev–Trinajstić information content (AvgIpc) is 2.96. The Morgan fingerprint density at radius 1 is 1.44 bits per heavy atom. The molecule has 1 aromatic heterocycles. The van der Waals surface area contributed by atoms with Crippen molar-refractivity contribution in [3.05, 3.63) is 17.0 Å². The van der Waals surface area contributed by atoms with E-state index in [4.69, 9.17) is 4.52 Å². The summed E-state index contributed by atoms with van der Waals surface area (Å²) in [4.78, 5) is 13.8. The molecule has 0 saturated carbocycles. The summed E-state index contributed by atoms with van der Waals surface area (Å²) < 4.78 is 5.14. The minimum Gasteiger partial charge on any atom is -0.361 e. The van der Waals surface area contributed by atoms with Crippen molar-refractivity contribution < 1.29 is 9.32 Å². The molecule has 2 heterocycles. The van der Waals surface area contributed by atoms with Crippen molar-refractivity contribution in [1.29, 1.82) is 0 Å². The van der Waals surface area contributed by atoms with Crippen molar-refractivity contribution >= 4 is 5.91 Å². The summed E-state index contributed by atoms with van der Waals surface area (Å²) in [6.07, 6.45) is 2.26. The summed E-state index contributed by atoms with van der Waals surface area (Å²) in [5.41, 5.74) is 1.95. The fourth-order valence-electron chi connectivity index (χ4n) is 2.53. The monoisotopic (exact) mass is 251 g/mol. The van der Waals surface area contributed by atoms with Crippen LogP contribution in [0.4, 0.5) is 0 Å². The van der Waals surface area contributed by atoms with Gasteiger partial charge in [0, 0.05) is 24.7 Å². The molecule has 0 aliphatic carbocycles. The van der Waals surface area contributed by atoms with Crippen molar-refractivity contribution in [3.8, 4) is 0 Å². The highest BCUT2D eigenvalue weighted by atomic mass is 16.5. The van der Waals surface area contributed by atoms with E-state index >= 15 is 0 Å². The summed E-state index contributed by atoms with van der Waals surface area (Å²) in [7, 11) is 0. The molecule has 100 valence electrons. The van der Waals surface area contributed by atoms with Gasteiger partial charge in [-0.15, -0.1) is 0 Å². The normalized spacial score (nSPS) is 17.2. The zero-order valence-electron chi connectivity index (χ0n) is 11.3. The molecule has 0 radical (unpaired) electrons. The minimum atomic E-state index is 0.0859. The van der Waals surface area contributed by atoms with Crippen LogP contribution in [0.5, 0.6) is 0 Å². The molecule has 0 aromatic carbocycles. The third-order valence-corrected chi connectivity index (χ3v) is 3.54. The average molecular weight is 251 g/mol. The number of aryl methyl sites for hydroxylation is 2. The molecule has 1 atom stereocenters. The van der Waals surface area contributed by atoms with Crippen LogP contribution in [0.3, 0.4) is 0 Å². The van der Waals surface area contributed by atoms with Gasteiger partial charge in [-0.3, -0.25) is 4.79 Å². The number of rotatable bonds is 4. The topological polar surface area (TPSA) is 58.4 Å². The Kier molecular flexibility index (Phi) is 4.01. The maximum absolute atomic E-state index is 11.9. The molecule has 1 saturated heterocycles. The van der Waals surface area contributed by atoms with Gasteiger partial charge in [0.05, 0.1) is 12.2 Å². The van der Waals surface area contributed by atoms with E-state index in [9.17, 15) is 4.79 Å². The van der Waals surface area contributed by atoms with Gasteiger partial charge in [0.2, 0.25) is 5.91 Å². The molecule has 1 aliphatic rings. The first-order chi connectivity index (χ1) is 8.59. The predicted molar refractivity (Wildman–Crippen MR) is 68.2 cm³/mol. The molecule has 1 aromatic rings. The van der Waals surface area contributed by atoms with Crippen LogP contribution in [0.1, 0.15) is 42.8 Å². The lowest BCUT2D eigenvalue weighted by Gasteiger charge is -2.18. The summed E-state index contributed by atoms with van der Waals surface area (Å²) in [6, 6.07) is 0.0859. The van der Waals surface area contributed by atoms with E-state index < -0.39 is 0 Å². The Morgan fingerprint density at radius 3 is 2.67 bits per heavy atom. The Hall–Kier alpha value is -1.36. The molecule has 18 heavy (non-hydrogen) atoms. The minimum absolute atomic E-state index is 0.0859. The fourth-order valence-corrected chi connectivity index (χ4v) is 2.53. The number of aromatic nitrogens is 1. The summed E-state index contributed by atoms with van der Waals surface area (Å²) in [5, 5.41) is 7.18. The van der Waals surface area contributed by atoms with E-state index in [1.54, 1.807) is 0 Å². The maximum atomic E-state index is 11.9. The summed E-state index contributed by atoms with van der Waals surface area (Å²) in [5.74, 6) is 1.01. The molecule has 1 amide bonds. The molecular weight excluding hydrogens is 230 g/mol. The van der Waals surface area contributed by atoms with Crippen LogP contribution in [0.2, 0.25) is 0 Å². The number of hydrogen-bond donors (Lipinski definition) is 1. The van der Waals surface area contributed by atoms with Crippen LogP contribution >= 0.6 is 0 Å². The van der Waals surface area contributed by atoms with Crippen molar-refractivity contribution in [3.63, 3.8) is 0 Å². The zero-order chi connectivity index (χ0) is 13.1. The molecule has 1 unspecified atom stereocenters. The second-order valence-electron chi connectivity index (χ2n) is 4.93. The van der Waals surface area contributed by atoms with Gasteiger partial charge in [-0.05, 0) is 33.6 Å². The fraction of sp³-hybridized carbons (Fsp3) is 0.692. The number of likely N-dealkylation sites (tertiary alicyclic amines) is 1. The summed E-state index contributed by atoms with van der Waals surface area (Å²) >= 11 is 0. The number of amides is 1. The lowest BCUT2D eigenvalue weighted by atomic mass is 10.1. The first-order valence-electron chi connectivity index (χ1n) is 6.53. The molecule has 2 rings (SSSR count). The van der Waals surface area contributed by atoms with Crippen molar-refractivity contribution in [1.82, 2.24) is 15.4 Å². The van der Waals surface area contributed by atoms with Crippen molar-refractivity contribution in [2.75, 3.05) is 19.6 Å². The Balaban J connectivity index is 1.88. The number of carbonyl (C=O) groups excluding carboxylic acids is 1. The molecule has 1 fully saturated rings. The molecule has 0 bridgehead atoms. The molecule has 5 nitrogen and oxygen atoms in total. The predicted octanol–water partition coefficient (Wildman–Crippen LogP) is 1.56. The number of nitrogens with one attached hydrogen (secondary N) is 1. The lowest BCUT2D eigenvalue weighted by molar-refractivity contribution is -0.129. The maximum Gasteiger partial charge on any atom is 0.236 e. The summed E-state index contributed by atoms with van der Waals surface area (Å²) in [6.45, 7) is 8.04.